The summed E-state index contributed by atoms with van der Waals surface area (Å²) in [7, 11) is 7.81. The maximum absolute atomic E-state index is 6.88. The first kappa shape index (κ1) is 42.3. The number of rotatable bonds is 12. The minimum absolute atomic E-state index is 0.0128. The maximum atomic E-state index is 6.88. The Labute approximate surface area is 353 Å². The van der Waals surface area contributed by atoms with Crippen LogP contribution < -0.4 is 9.64 Å². The van der Waals surface area contributed by atoms with Gasteiger partial charge in [0.25, 0.3) is 0 Å². The minimum atomic E-state index is -0.216. The van der Waals surface area contributed by atoms with Gasteiger partial charge in [0.15, 0.2) is 0 Å². The average molecular weight is 876 g/mol. The van der Waals surface area contributed by atoms with Crippen molar-refractivity contribution in [2.45, 2.75) is 109 Å². The van der Waals surface area contributed by atoms with Crippen LogP contribution in [-0.4, -0.2) is 34.1 Å². The van der Waals surface area contributed by atoms with E-state index in [1.165, 1.54) is 50.2 Å². The Morgan fingerprint density at radius 1 is 0.768 bits per heavy atom. The van der Waals surface area contributed by atoms with Gasteiger partial charge in [0.1, 0.15) is 5.75 Å². The van der Waals surface area contributed by atoms with Crippen LogP contribution in [0.3, 0.4) is 0 Å². The molecule has 2 unspecified atom stereocenters. The van der Waals surface area contributed by atoms with Crippen molar-refractivity contribution >= 4 is 31.6 Å². The van der Waals surface area contributed by atoms with Crippen LogP contribution in [0.25, 0.3) is 0 Å². The average Bonchev–Trinajstić information content (AvgIpc) is 3.68. The molecule has 6 heteroatoms. The zero-order valence-corrected chi connectivity index (χ0v) is 37.5. The zero-order valence-electron chi connectivity index (χ0n) is 34.2. The van der Waals surface area contributed by atoms with Crippen LogP contribution in [0.4, 0.5) is 5.69 Å². The molecule has 0 radical (unpaired) electrons. The number of benzene rings is 5. The molecule has 2 atom stereocenters. The van der Waals surface area contributed by atoms with Crippen LogP contribution in [0.2, 0.25) is 0 Å². The van der Waals surface area contributed by atoms with Crippen LogP contribution in [0.15, 0.2) is 121 Å². The fourth-order valence-corrected chi connectivity index (χ4v) is 11.1. The first-order valence-electron chi connectivity index (χ1n) is 20.1. The van der Waals surface area contributed by atoms with Gasteiger partial charge in [-0.3, -0.25) is 0 Å². The normalized spacial score (nSPS) is 18.7. The summed E-state index contributed by atoms with van der Waals surface area (Å²) in [4.78, 5) is 5.21. The summed E-state index contributed by atoms with van der Waals surface area (Å²) in [5.41, 5.74) is 12.5. The van der Waals surface area contributed by atoms with Crippen LogP contribution >= 0.6 is 21.3 Å². The summed E-state index contributed by atoms with van der Waals surface area (Å²) in [6, 6.07) is 43.6. The van der Waals surface area contributed by atoms with Gasteiger partial charge in [0.2, 0.25) is 0 Å². The predicted octanol–water partition coefficient (Wildman–Crippen LogP) is 12.7. The Morgan fingerprint density at radius 2 is 1.34 bits per heavy atom. The third kappa shape index (κ3) is 9.21. The number of hydrogen-bond acceptors (Lipinski definition) is 3. The van der Waals surface area contributed by atoms with E-state index in [1.54, 1.807) is 7.11 Å². The molecule has 0 aromatic heterocycles. The topological polar surface area (TPSA) is 15.7 Å². The molecule has 1 aliphatic carbocycles. The summed E-state index contributed by atoms with van der Waals surface area (Å²) in [6.07, 6.45) is 3.32. The molecule has 0 N–H and O–H groups in total. The molecule has 0 bridgehead atoms. The number of halogens is 2. The molecule has 1 heterocycles. The Bertz CT molecular complexity index is 2000. The second kappa shape index (κ2) is 19.0. The number of methoxy groups -OCH3 is 1. The molecule has 2 aliphatic rings. The SMILES string of the molecule is COc1cccc2c1CCC21CC(C)(C)N(c2c(C(C)C)cccc2C(C)C)C1CCl.[Cl][Ru]=[CH]c1ccccc1CN(Cc1ccccc1)Cc1ccccc1. The number of para-hydroxylation sites is 1. The third-order valence-electron chi connectivity index (χ3n) is 11.9. The van der Waals surface area contributed by atoms with E-state index >= 15 is 0 Å². The van der Waals surface area contributed by atoms with E-state index in [9.17, 15) is 0 Å². The van der Waals surface area contributed by atoms with Crippen molar-refractivity contribution in [2.75, 3.05) is 17.9 Å². The number of fused-ring (bicyclic) bond motifs is 2. The summed E-state index contributed by atoms with van der Waals surface area (Å²) < 4.78 is 7.92. The number of nitrogens with zero attached hydrogens (tertiary/aromatic N) is 2. The van der Waals surface area contributed by atoms with Gasteiger partial charge < -0.3 is 9.64 Å². The number of anilines is 1. The van der Waals surface area contributed by atoms with Gasteiger partial charge in [-0.25, -0.2) is 0 Å². The first-order chi connectivity index (χ1) is 27.0. The Balaban J connectivity index is 0.000000194. The van der Waals surface area contributed by atoms with Crippen molar-refractivity contribution in [1.29, 1.82) is 0 Å². The van der Waals surface area contributed by atoms with Crippen molar-refractivity contribution < 1.29 is 20.4 Å². The number of alkyl halides is 1. The van der Waals surface area contributed by atoms with E-state index in [1.807, 2.05) is 0 Å². The van der Waals surface area contributed by atoms with Gasteiger partial charge >= 0.3 is 162 Å². The fourth-order valence-electron chi connectivity index (χ4n) is 9.51. The van der Waals surface area contributed by atoms with Crippen molar-refractivity contribution in [3.8, 4) is 5.75 Å². The van der Waals surface area contributed by atoms with Gasteiger partial charge in [0, 0.05) is 22.5 Å². The second-order valence-corrected chi connectivity index (χ2v) is 18.9. The van der Waals surface area contributed by atoms with E-state index in [2.05, 4.69) is 177 Å². The van der Waals surface area contributed by atoms with Crippen molar-refractivity contribution in [2.24, 2.45) is 0 Å². The molecule has 5 aromatic carbocycles. The van der Waals surface area contributed by atoms with Crippen molar-refractivity contribution in [3.63, 3.8) is 0 Å². The Kier molecular flexibility index (Phi) is 14.4. The van der Waals surface area contributed by atoms with E-state index < -0.39 is 0 Å². The first-order valence-corrected chi connectivity index (χ1v) is 23.9. The second-order valence-electron chi connectivity index (χ2n) is 16.8. The van der Waals surface area contributed by atoms with Gasteiger partial charge in [-0.15, -0.1) is 11.6 Å². The molecule has 1 aliphatic heterocycles. The molecule has 1 fully saturated rings. The van der Waals surface area contributed by atoms with Crippen LogP contribution in [-0.2, 0) is 47.2 Å². The molecule has 5 aromatic rings. The predicted molar refractivity (Wildman–Crippen MR) is 237 cm³/mol. The molecule has 3 nitrogen and oxygen atoms in total. The molecular formula is C50H59Cl2N2ORu. The molecule has 7 rings (SSSR count). The van der Waals surface area contributed by atoms with Crippen molar-refractivity contribution in [1.82, 2.24) is 4.90 Å². The van der Waals surface area contributed by atoms with E-state index in [-0.39, 0.29) is 32.7 Å². The summed E-state index contributed by atoms with van der Waals surface area (Å²) in [5.74, 6) is 2.59. The van der Waals surface area contributed by atoms with Crippen LogP contribution in [0.1, 0.15) is 111 Å². The molecule has 1 spiro atoms. The summed E-state index contributed by atoms with van der Waals surface area (Å²) >= 11 is 6.66. The molecular weight excluding hydrogens is 817 g/mol. The Hall–Kier alpha value is -3.27. The number of hydrogen-bond donors (Lipinski definition) is 0. The fraction of sp³-hybridized carbons (Fsp3) is 0.380. The van der Waals surface area contributed by atoms with Crippen molar-refractivity contribution in [3.05, 3.63) is 166 Å². The molecule has 56 heavy (non-hydrogen) atoms. The van der Waals surface area contributed by atoms with E-state index in [4.69, 9.17) is 26.0 Å². The van der Waals surface area contributed by atoms with E-state index in [0.717, 1.165) is 44.6 Å². The molecule has 0 saturated carbocycles. The summed E-state index contributed by atoms with van der Waals surface area (Å²) in [5, 5.41) is 0. The zero-order chi connectivity index (χ0) is 39.9. The number of ether oxygens (including phenoxy) is 1. The molecule has 297 valence electrons. The van der Waals surface area contributed by atoms with Gasteiger partial charge in [-0.05, 0) is 73.3 Å². The molecule has 1 saturated heterocycles. The van der Waals surface area contributed by atoms with Gasteiger partial charge in [-0.2, -0.15) is 0 Å². The monoisotopic (exact) mass is 875 g/mol. The van der Waals surface area contributed by atoms with Crippen LogP contribution in [0, 0.1) is 0 Å². The van der Waals surface area contributed by atoms with E-state index in [0.29, 0.717) is 17.7 Å². The molecule has 0 amide bonds. The standard InChI is InChI=1S/C28H38ClNO.C22H21N.ClH.Ru/c1-18(2)20-10-8-11-21(19(3)4)26(20)30-25(16-29)28(17-27(30,5)6)15-14-22-23(28)12-9-13-24(22)31-7;1-19-10-8-9-15-22(19)18-23(16-20-11-4-2-5-12-20)17-21-13-6-3-7-14-21;;/h8-13,18-19,25H,14-17H2,1-7H3;1-15H,16-18H2;1H;/q;;;+1/p-1. The quantitative estimate of drug-likeness (QED) is 0.0917. The van der Waals surface area contributed by atoms with Gasteiger partial charge in [0.05, 0.1) is 13.2 Å². The Morgan fingerprint density at radius 3 is 1.89 bits per heavy atom. The third-order valence-corrected chi connectivity index (χ3v) is 13.4. The van der Waals surface area contributed by atoms with Crippen LogP contribution in [0.5, 0.6) is 5.75 Å². The van der Waals surface area contributed by atoms with Gasteiger partial charge in [-0.1, -0.05) is 58.0 Å². The summed E-state index contributed by atoms with van der Waals surface area (Å²) in [6.45, 7) is 16.9.